The maximum atomic E-state index is 13.5. The second-order valence-electron chi connectivity index (χ2n) is 10.7. The predicted molar refractivity (Wildman–Crippen MR) is 187 cm³/mol. The van der Waals surface area contributed by atoms with Crippen LogP contribution in [-0.4, -0.2) is 56.3 Å². The van der Waals surface area contributed by atoms with Crippen molar-refractivity contribution in [2.45, 2.75) is 32.6 Å². The molecule has 3 aromatic carbocycles. The zero-order valence-electron chi connectivity index (χ0n) is 28.1. The summed E-state index contributed by atoms with van der Waals surface area (Å²) in [7, 11) is 1.43. The number of ether oxygens (including phenoxy) is 2. The number of rotatable bonds is 16. The van der Waals surface area contributed by atoms with E-state index in [0.717, 1.165) is 0 Å². The van der Waals surface area contributed by atoms with Crippen LogP contribution in [0.2, 0.25) is 0 Å². The Morgan fingerprint density at radius 2 is 1.39 bits per heavy atom. The van der Waals surface area contributed by atoms with E-state index in [9.17, 15) is 24.0 Å². The monoisotopic (exact) mass is 666 g/mol. The van der Waals surface area contributed by atoms with Crippen LogP contribution in [0, 0.1) is 0 Å². The van der Waals surface area contributed by atoms with Crippen molar-refractivity contribution in [1.29, 1.82) is 0 Å². The highest BCUT2D eigenvalue weighted by atomic mass is 16.5. The van der Waals surface area contributed by atoms with Gasteiger partial charge in [-0.2, -0.15) is 0 Å². The number of amides is 4. The minimum absolute atomic E-state index is 0.0286. The highest BCUT2D eigenvalue weighted by Gasteiger charge is 2.48. The molecule has 0 heterocycles. The third-order valence-corrected chi connectivity index (χ3v) is 7.29. The average Bonchev–Trinajstić information content (AvgIpc) is 3.11. The molecule has 3 aromatic rings. The van der Waals surface area contributed by atoms with E-state index >= 15 is 0 Å². The van der Waals surface area contributed by atoms with Crippen molar-refractivity contribution in [2.75, 3.05) is 26.7 Å². The molecule has 0 fully saturated rings. The summed E-state index contributed by atoms with van der Waals surface area (Å²) in [5.41, 5.74) is -0.915. The molecule has 0 aliphatic heterocycles. The third-order valence-electron chi connectivity index (χ3n) is 7.29. The third kappa shape index (κ3) is 9.77. The number of allylic oxidation sites excluding steroid dienone is 2. The van der Waals surface area contributed by atoms with Crippen LogP contribution in [0.25, 0.3) is 0 Å². The van der Waals surface area contributed by atoms with Crippen LogP contribution in [0.5, 0.6) is 11.5 Å². The van der Waals surface area contributed by atoms with Crippen LogP contribution in [0.15, 0.2) is 121 Å². The standard InChI is InChI=1S/C38H42N4O7/c1-6-31(42-35(45)29-21-15-16-22-32(29)49-28-19-13-10-14-20-28)30(34(44)39-5)23-26(4)24-33(43)48-25-38(36(46)40-7-2,37(47)41-8-3)27-17-11-9-12-18-27/h6,9-23H,4,7-8,24-25H2,1-3,5H3,(H,39,44)(H,40,46)(H,41,47)(H,42,45)/b30-23+,31-6+. The summed E-state index contributed by atoms with van der Waals surface area (Å²) >= 11 is 0. The zero-order chi connectivity index (χ0) is 35.8. The van der Waals surface area contributed by atoms with Crippen LogP contribution < -0.4 is 26.0 Å². The Morgan fingerprint density at radius 3 is 1.96 bits per heavy atom. The predicted octanol–water partition coefficient (Wildman–Crippen LogP) is 4.48. The summed E-state index contributed by atoms with van der Waals surface area (Å²) in [6, 6.07) is 24.0. The van der Waals surface area contributed by atoms with Gasteiger partial charge in [0.25, 0.3) is 11.8 Å². The van der Waals surface area contributed by atoms with Gasteiger partial charge in [-0.05, 0) is 62.2 Å². The lowest BCUT2D eigenvalue weighted by Gasteiger charge is -2.31. The lowest BCUT2D eigenvalue weighted by molar-refractivity contribution is -0.150. The smallest absolute Gasteiger partial charge is 0.310 e. The van der Waals surface area contributed by atoms with Crippen LogP contribution in [0.1, 0.15) is 43.1 Å². The molecule has 11 nitrogen and oxygen atoms in total. The van der Waals surface area contributed by atoms with E-state index in [4.69, 9.17) is 9.47 Å². The van der Waals surface area contributed by atoms with E-state index in [2.05, 4.69) is 27.8 Å². The van der Waals surface area contributed by atoms with Gasteiger partial charge in [0.15, 0.2) is 5.41 Å². The first kappa shape index (κ1) is 37.5. The van der Waals surface area contributed by atoms with E-state index in [1.165, 1.54) is 19.2 Å². The summed E-state index contributed by atoms with van der Waals surface area (Å²) in [5.74, 6) is -2.26. The van der Waals surface area contributed by atoms with Gasteiger partial charge in [-0.15, -0.1) is 0 Å². The molecular weight excluding hydrogens is 624 g/mol. The van der Waals surface area contributed by atoms with Gasteiger partial charge >= 0.3 is 5.97 Å². The maximum absolute atomic E-state index is 13.5. The topological polar surface area (TPSA) is 152 Å². The lowest BCUT2D eigenvalue weighted by atomic mass is 9.79. The second kappa shape index (κ2) is 18.4. The fraction of sp³-hybridized carbons (Fsp3) is 0.237. The average molecular weight is 667 g/mol. The second-order valence-corrected chi connectivity index (χ2v) is 10.7. The molecule has 0 aliphatic carbocycles. The zero-order valence-corrected chi connectivity index (χ0v) is 28.1. The highest BCUT2D eigenvalue weighted by molar-refractivity contribution is 6.11. The van der Waals surface area contributed by atoms with Crippen LogP contribution in [0.3, 0.4) is 0 Å². The molecule has 4 N–H and O–H groups in total. The van der Waals surface area contributed by atoms with Gasteiger partial charge in [0, 0.05) is 25.8 Å². The SMILES string of the molecule is C=C(/C=C(C(=O)NC)\C(=C/C)NC(=O)c1ccccc1Oc1ccccc1)CC(=O)OCC(C(=O)NCC)(C(=O)NCC)c1ccccc1. The highest BCUT2D eigenvalue weighted by Crippen LogP contribution is 2.28. The van der Waals surface area contributed by atoms with E-state index < -0.39 is 41.6 Å². The summed E-state index contributed by atoms with van der Waals surface area (Å²) < 4.78 is 11.5. The van der Waals surface area contributed by atoms with Gasteiger partial charge in [0.2, 0.25) is 11.8 Å². The molecule has 3 rings (SSSR count). The number of para-hydroxylation sites is 2. The normalized spacial score (nSPS) is 11.5. The number of carbonyl (C=O) groups is 5. The molecule has 4 amide bonds. The van der Waals surface area contributed by atoms with Gasteiger partial charge in [0.05, 0.1) is 17.6 Å². The fourth-order valence-electron chi connectivity index (χ4n) is 4.85. The number of hydrogen-bond donors (Lipinski definition) is 4. The Balaban J connectivity index is 1.82. The number of nitrogens with one attached hydrogen (secondary N) is 4. The van der Waals surface area contributed by atoms with Crippen molar-refractivity contribution in [3.63, 3.8) is 0 Å². The molecule has 0 bridgehead atoms. The number of benzene rings is 3. The van der Waals surface area contributed by atoms with Gasteiger partial charge < -0.3 is 30.7 Å². The molecule has 0 aliphatic rings. The Labute approximate surface area is 286 Å². The van der Waals surface area contributed by atoms with Gasteiger partial charge in [-0.3, -0.25) is 24.0 Å². The molecule has 0 saturated heterocycles. The molecule has 11 heteroatoms. The first-order valence-corrected chi connectivity index (χ1v) is 15.8. The van der Waals surface area contributed by atoms with Crippen molar-refractivity contribution >= 4 is 29.6 Å². The maximum Gasteiger partial charge on any atom is 0.310 e. The summed E-state index contributed by atoms with van der Waals surface area (Å²) in [6.07, 6.45) is 2.52. The van der Waals surface area contributed by atoms with E-state index in [-0.39, 0.29) is 41.9 Å². The van der Waals surface area contributed by atoms with Crippen LogP contribution in [0.4, 0.5) is 0 Å². The van der Waals surface area contributed by atoms with Gasteiger partial charge in [0.1, 0.15) is 18.1 Å². The van der Waals surface area contributed by atoms with E-state index in [1.807, 2.05) is 18.2 Å². The lowest BCUT2D eigenvalue weighted by Crippen LogP contribution is -2.57. The largest absolute Gasteiger partial charge is 0.463 e. The molecule has 0 atom stereocenters. The van der Waals surface area contributed by atoms with Gasteiger partial charge in [-0.1, -0.05) is 73.3 Å². The first-order valence-electron chi connectivity index (χ1n) is 15.8. The van der Waals surface area contributed by atoms with Crippen molar-refractivity contribution in [3.8, 4) is 11.5 Å². The summed E-state index contributed by atoms with van der Waals surface area (Å²) in [5, 5.41) is 10.7. The fourth-order valence-corrected chi connectivity index (χ4v) is 4.85. The Morgan fingerprint density at radius 1 is 0.816 bits per heavy atom. The minimum Gasteiger partial charge on any atom is -0.463 e. The summed E-state index contributed by atoms with van der Waals surface area (Å²) in [4.78, 5) is 66.4. The Hall–Kier alpha value is -5.97. The molecule has 0 saturated carbocycles. The Bertz CT molecular complexity index is 1700. The van der Waals surface area contributed by atoms with E-state index in [1.54, 1.807) is 87.5 Å². The molecule has 0 unspecified atom stereocenters. The van der Waals surface area contributed by atoms with Crippen molar-refractivity contribution in [3.05, 3.63) is 132 Å². The molecule has 256 valence electrons. The van der Waals surface area contributed by atoms with Crippen LogP contribution in [-0.2, 0) is 29.3 Å². The number of carbonyl (C=O) groups excluding carboxylic acids is 5. The number of likely N-dealkylation sites (N-methyl/N-ethyl adjacent to an activating group) is 3. The van der Waals surface area contributed by atoms with Crippen LogP contribution >= 0.6 is 0 Å². The molecule has 0 aromatic heterocycles. The number of esters is 1. The molecule has 49 heavy (non-hydrogen) atoms. The van der Waals surface area contributed by atoms with Crippen molar-refractivity contribution < 1.29 is 33.4 Å². The van der Waals surface area contributed by atoms with E-state index in [0.29, 0.717) is 17.1 Å². The molecule has 0 spiro atoms. The first-order chi connectivity index (χ1) is 23.6. The van der Waals surface area contributed by atoms with Crippen molar-refractivity contribution in [1.82, 2.24) is 21.3 Å². The summed E-state index contributed by atoms with van der Waals surface area (Å²) in [6.45, 7) is 8.92. The number of hydrogen-bond acceptors (Lipinski definition) is 7. The van der Waals surface area contributed by atoms with Crippen molar-refractivity contribution in [2.24, 2.45) is 0 Å². The molecule has 0 radical (unpaired) electrons. The van der Waals surface area contributed by atoms with Gasteiger partial charge in [-0.25, -0.2) is 0 Å². The quantitative estimate of drug-likeness (QED) is 0.0762. The minimum atomic E-state index is -1.85. The Kier molecular flexibility index (Phi) is 14.1. The molecular formula is C38H42N4O7.